The van der Waals surface area contributed by atoms with Gasteiger partial charge in [0.2, 0.25) is 5.95 Å². The molecule has 0 fully saturated rings. The summed E-state index contributed by atoms with van der Waals surface area (Å²) in [4.78, 5) is 11.4. The summed E-state index contributed by atoms with van der Waals surface area (Å²) < 4.78 is 0. The van der Waals surface area contributed by atoms with Crippen molar-refractivity contribution in [3.05, 3.63) is 53.3 Å². The number of rotatable bonds is 4. The zero-order chi connectivity index (χ0) is 14.5. The molecule has 1 aliphatic rings. The standard InChI is InChI=1S/C17H22N4/c1-2-18-10-14-11-19-17(20-12-14)21-9-5-8-15-6-3-4-7-16(15)13-21/h3-4,6-7,11-12,18H,2,5,8-10,13H2,1H3. The van der Waals surface area contributed by atoms with E-state index in [9.17, 15) is 0 Å². The topological polar surface area (TPSA) is 41.1 Å². The van der Waals surface area contributed by atoms with E-state index in [0.29, 0.717) is 0 Å². The predicted molar refractivity (Wildman–Crippen MR) is 85.2 cm³/mol. The van der Waals surface area contributed by atoms with Gasteiger partial charge in [0.25, 0.3) is 0 Å². The van der Waals surface area contributed by atoms with E-state index in [1.807, 2.05) is 12.4 Å². The Kier molecular flexibility index (Phi) is 4.46. The molecule has 0 atom stereocenters. The van der Waals surface area contributed by atoms with Crippen molar-refractivity contribution in [1.82, 2.24) is 15.3 Å². The first-order valence-corrected chi connectivity index (χ1v) is 7.70. The Balaban J connectivity index is 1.74. The van der Waals surface area contributed by atoms with Crippen molar-refractivity contribution in [3.63, 3.8) is 0 Å². The van der Waals surface area contributed by atoms with Gasteiger partial charge in [-0.25, -0.2) is 9.97 Å². The predicted octanol–water partition coefficient (Wildman–Crippen LogP) is 2.54. The van der Waals surface area contributed by atoms with Gasteiger partial charge < -0.3 is 10.2 Å². The molecule has 0 aliphatic carbocycles. The molecule has 4 heteroatoms. The smallest absolute Gasteiger partial charge is 0.225 e. The summed E-state index contributed by atoms with van der Waals surface area (Å²) in [5, 5.41) is 3.29. The van der Waals surface area contributed by atoms with Gasteiger partial charge in [-0.3, -0.25) is 0 Å². The summed E-state index contributed by atoms with van der Waals surface area (Å²) in [6.45, 7) is 5.82. The summed E-state index contributed by atoms with van der Waals surface area (Å²) in [6.07, 6.45) is 6.16. The molecule has 0 radical (unpaired) electrons. The van der Waals surface area contributed by atoms with E-state index in [4.69, 9.17) is 0 Å². The van der Waals surface area contributed by atoms with Gasteiger partial charge in [-0.05, 0) is 30.5 Å². The molecule has 3 rings (SSSR count). The van der Waals surface area contributed by atoms with E-state index < -0.39 is 0 Å². The molecule has 110 valence electrons. The van der Waals surface area contributed by atoms with Crippen LogP contribution in [0.2, 0.25) is 0 Å². The van der Waals surface area contributed by atoms with Crippen LogP contribution in [0.1, 0.15) is 30.0 Å². The molecule has 2 aromatic rings. The molecule has 0 bridgehead atoms. The molecule has 1 aliphatic heterocycles. The fraction of sp³-hybridized carbons (Fsp3) is 0.412. The molecule has 2 heterocycles. The maximum absolute atomic E-state index is 4.54. The average molecular weight is 282 g/mol. The number of aromatic nitrogens is 2. The lowest BCUT2D eigenvalue weighted by Crippen LogP contribution is -2.25. The monoisotopic (exact) mass is 282 g/mol. The van der Waals surface area contributed by atoms with Crippen molar-refractivity contribution >= 4 is 5.95 Å². The quantitative estimate of drug-likeness (QED) is 0.935. The molecule has 1 aromatic heterocycles. The lowest BCUT2D eigenvalue weighted by atomic mass is 10.0. The third kappa shape index (κ3) is 3.39. The number of benzene rings is 1. The molecule has 0 saturated heterocycles. The van der Waals surface area contributed by atoms with Crippen molar-refractivity contribution in [1.29, 1.82) is 0 Å². The van der Waals surface area contributed by atoms with Crippen LogP contribution < -0.4 is 10.2 Å². The van der Waals surface area contributed by atoms with Crippen LogP contribution in [0.15, 0.2) is 36.7 Å². The molecule has 0 spiro atoms. The first-order chi connectivity index (χ1) is 10.4. The Morgan fingerprint density at radius 2 is 1.90 bits per heavy atom. The second-order valence-electron chi connectivity index (χ2n) is 5.47. The van der Waals surface area contributed by atoms with Crippen LogP contribution in [0.25, 0.3) is 0 Å². The van der Waals surface area contributed by atoms with Crippen molar-refractivity contribution < 1.29 is 0 Å². The molecule has 1 aromatic carbocycles. The van der Waals surface area contributed by atoms with Crippen LogP contribution in [-0.2, 0) is 19.5 Å². The van der Waals surface area contributed by atoms with E-state index in [1.165, 1.54) is 11.1 Å². The van der Waals surface area contributed by atoms with E-state index in [0.717, 1.165) is 50.5 Å². The van der Waals surface area contributed by atoms with Gasteiger partial charge in [0, 0.05) is 37.6 Å². The Bertz CT molecular complexity index is 580. The Morgan fingerprint density at radius 1 is 1.14 bits per heavy atom. The van der Waals surface area contributed by atoms with Crippen LogP contribution >= 0.6 is 0 Å². The van der Waals surface area contributed by atoms with Crippen LogP contribution in [0.5, 0.6) is 0 Å². The highest BCUT2D eigenvalue weighted by Gasteiger charge is 2.16. The summed E-state index contributed by atoms with van der Waals surface area (Å²) in [6, 6.07) is 8.69. The number of anilines is 1. The molecule has 21 heavy (non-hydrogen) atoms. The second-order valence-corrected chi connectivity index (χ2v) is 5.47. The summed E-state index contributed by atoms with van der Waals surface area (Å²) in [5.74, 6) is 0.840. The Labute approximate surface area is 126 Å². The largest absolute Gasteiger partial charge is 0.336 e. The number of hydrogen-bond acceptors (Lipinski definition) is 4. The molecule has 0 saturated carbocycles. The first kappa shape index (κ1) is 14.0. The molecule has 0 unspecified atom stereocenters. The van der Waals surface area contributed by atoms with Gasteiger partial charge in [-0.15, -0.1) is 0 Å². The minimum atomic E-state index is 0.833. The highest BCUT2D eigenvalue weighted by Crippen LogP contribution is 2.21. The second kappa shape index (κ2) is 6.68. The SMILES string of the molecule is CCNCc1cnc(N2CCCc3ccccc3C2)nc1. The summed E-state index contributed by atoms with van der Waals surface area (Å²) >= 11 is 0. The van der Waals surface area contributed by atoms with Crippen LogP contribution in [-0.4, -0.2) is 23.1 Å². The fourth-order valence-electron chi connectivity index (χ4n) is 2.74. The number of hydrogen-bond donors (Lipinski definition) is 1. The van der Waals surface area contributed by atoms with Gasteiger partial charge in [-0.2, -0.15) is 0 Å². The normalized spacial score (nSPS) is 14.6. The van der Waals surface area contributed by atoms with Gasteiger partial charge in [0.05, 0.1) is 0 Å². The third-order valence-corrected chi connectivity index (χ3v) is 3.91. The molecular formula is C17H22N4. The van der Waals surface area contributed by atoms with Crippen molar-refractivity contribution in [2.75, 3.05) is 18.0 Å². The number of nitrogens with one attached hydrogen (secondary N) is 1. The van der Waals surface area contributed by atoms with Crippen LogP contribution in [0, 0.1) is 0 Å². The minimum absolute atomic E-state index is 0.833. The van der Waals surface area contributed by atoms with Crippen LogP contribution in [0.4, 0.5) is 5.95 Å². The highest BCUT2D eigenvalue weighted by atomic mass is 15.2. The zero-order valence-electron chi connectivity index (χ0n) is 12.5. The lowest BCUT2D eigenvalue weighted by molar-refractivity contribution is 0.711. The third-order valence-electron chi connectivity index (χ3n) is 3.91. The molecule has 4 nitrogen and oxygen atoms in total. The molecule has 0 amide bonds. The van der Waals surface area contributed by atoms with E-state index in [2.05, 4.69) is 51.4 Å². The van der Waals surface area contributed by atoms with E-state index in [-0.39, 0.29) is 0 Å². The maximum Gasteiger partial charge on any atom is 0.225 e. The average Bonchev–Trinajstić information content (AvgIpc) is 2.75. The number of fused-ring (bicyclic) bond motifs is 1. The molecular weight excluding hydrogens is 260 g/mol. The Hall–Kier alpha value is -1.94. The lowest BCUT2D eigenvalue weighted by Gasteiger charge is -2.20. The van der Waals surface area contributed by atoms with Crippen molar-refractivity contribution in [2.24, 2.45) is 0 Å². The van der Waals surface area contributed by atoms with Crippen molar-refractivity contribution in [2.45, 2.75) is 32.9 Å². The Morgan fingerprint density at radius 3 is 2.67 bits per heavy atom. The highest BCUT2D eigenvalue weighted by molar-refractivity contribution is 5.37. The minimum Gasteiger partial charge on any atom is -0.336 e. The van der Waals surface area contributed by atoms with Gasteiger partial charge >= 0.3 is 0 Å². The van der Waals surface area contributed by atoms with Gasteiger partial charge in [0.1, 0.15) is 0 Å². The summed E-state index contributed by atoms with van der Waals surface area (Å²) in [7, 11) is 0. The van der Waals surface area contributed by atoms with Crippen molar-refractivity contribution in [3.8, 4) is 0 Å². The van der Waals surface area contributed by atoms with Gasteiger partial charge in [0.15, 0.2) is 0 Å². The van der Waals surface area contributed by atoms with Gasteiger partial charge in [-0.1, -0.05) is 31.2 Å². The summed E-state index contributed by atoms with van der Waals surface area (Å²) in [5.41, 5.74) is 4.00. The molecule has 1 N–H and O–H groups in total. The van der Waals surface area contributed by atoms with Crippen LogP contribution in [0.3, 0.4) is 0 Å². The van der Waals surface area contributed by atoms with E-state index in [1.54, 1.807) is 0 Å². The van der Waals surface area contributed by atoms with E-state index >= 15 is 0 Å². The number of aryl methyl sites for hydroxylation is 1. The zero-order valence-corrected chi connectivity index (χ0v) is 12.5. The fourth-order valence-corrected chi connectivity index (χ4v) is 2.74. The first-order valence-electron chi connectivity index (χ1n) is 7.70. The number of nitrogens with zero attached hydrogens (tertiary/aromatic N) is 3. The maximum atomic E-state index is 4.54.